The minimum absolute atomic E-state index is 0.297. The zero-order chi connectivity index (χ0) is 13.3. The van der Waals surface area contributed by atoms with Crippen LogP contribution in [0.1, 0.15) is 22.9 Å². The molecule has 0 aliphatic heterocycles. The lowest BCUT2D eigenvalue weighted by Gasteiger charge is -2.14. The minimum Gasteiger partial charge on any atom is -0.496 e. The summed E-state index contributed by atoms with van der Waals surface area (Å²) in [7, 11) is 3.47. The number of aryl methyl sites for hydroxylation is 2. The molecule has 18 heavy (non-hydrogen) atoms. The number of rotatable bonds is 3. The summed E-state index contributed by atoms with van der Waals surface area (Å²) >= 11 is 3.36. The Morgan fingerprint density at radius 1 is 1.44 bits per heavy atom. The first-order chi connectivity index (χ1) is 8.54. The molecule has 2 rings (SSSR count). The normalized spacial score (nSPS) is 12.5. The van der Waals surface area contributed by atoms with Gasteiger partial charge in [-0.1, -0.05) is 17.3 Å². The van der Waals surface area contributed by atoms with Crippen molar-refractivity contribution in [3.8, 4) is 5.75 Å². The molecule has 0 aliphatic carbocycles. The molecule has 1 aromatic carbocycles. The number of hydrogen-bond donors (Lipinski definition) is 1. The van der Waals surface area contributed by atoms with Gasteiger partial charge in [-0.05, 0) is 40.0 Å². The smallest absolute Gasteiger partial charge is 0.153 e. The second-order valence-corrected chi connectivity index (χ2v) is 4.85. The van der Waals surface area contributed by atoms with Crippen molar-refractivity contribution in [3.63, 3.8) is 0 Å². The number of halogens is 1. The molecule has 1 heterocycles. The second kappa shape index (κ2) is 5.07. The average Bonchev–Trinajstić information content (AvgIpc) is 2.69. The van der Waals surface area contributed by atoms with Gasteiger partial charge in [0.15, 0.2) is 4.60 Å². The monoisotopic (exact) mass is 310 g/mol. The van der Waals surface area contributed by atoms with Gasteiger partial charge < -0.3 is 10.5 Å². The number of ether oxygens (including phenoxy) is 1. The highest BCUT2D eigenvalue weighted by Crippen LogP contribution is 2.28. The van der Waals surface area contributed by atoms with Crippen LogP contribution in [-0.4, -0.2) is 22.1 Å². The van der Waals surface area contributed by atoms with E-state index in [-0.39, 0.29) is 6.04 Å². The number of methoxy groups -OCH3 is 1. The van der Waals surface area contributed by atoms with Crippen LogP contribution in [0.5, 0.6) is 5.75 Å². The van der Waals surface area contributed by atoms with Gasteiger partial charge in [0.1, 0.15) is 5.75 Å². The Morgan fingerprint density at radius 2 is 2.17 bits per heavy atom. The molecule has 6 heteroatoms. The lowest BCUT2D eigenvalue weighted by atomic mass is 10.0. The van der Waals surface area contributed by atoms with Gasteiger partial charge in [-0.3, -0.25) is 0 Å². The molecule has 2 N–H and O–H groups in total. The van der Waals surface area contributed by atoms with Crippen LogP contribution in [0.2, 0.25) is 0 Å². The fourth-order valence-corrected chi connectivity index (χ4v) is 2.43. The molecular weight excluding hydrogens is 296 g/mol. The molecule has 0 saturated heterocycles. The van der Waals surface area contributed by atoms with Gasteiger partial charge in [0.2, 0.25) is 0 Å². The Balaban J connectivity index is 2.43. The van der Waals surface area contributed by atoms with Gasteiger partial charge in [0, 0.05) is 7.05 Å². The average molecular weight is 311 g/mol. The van der Waals surface area contributed by atoms with Crippen LogP contribution >= 0.6 is 15.9 Å². The first-order valence-corrected chi connectivity index (χ1v) is 6.29. The van der Waals surface area contributed by atoms with Crippen LogP contribution < -0.4 is 10.5 Å². The predicted octanol–water partition coefficient (Wildman–Crippen LogP) is 1.94. The van der Waals surface area contributed by atoms with E-state index in [2.05, 4.69) is 26.2 Å². The standard InChI is InChI=1S/C12H15BrN4O/c1-7-4-5-8(6-9(7)18-3)10(14)11-12(13)15-16-17(11)2/h4-6,10H,14H2,1-3H3. The third-order valence-electron chi connectivity index (χ3n) is 2.91. The van der Waals surface area contributed by atoms with Crippen molar-refractivity contribution >= 4 is 15.9 Å². The topological polar surface area (TPSA) is 66.0 Å². The van der Waals surface area contributed by atoms with Crippen LogP contribution in [0, 0.1) is 6.92 Å². The first-order valence-electron chi connectivity index (χ1n) is 5.49. The summed E-state index contributed by atoms with van der Waals surface area (Å²) in [5.41, 5.74) is 9.12. The van der Waals surface area contributed by atoms with E-state index in [9.17, 15) is 0 Å². The molecule has 0 bridgehead atoms. The Morgan fingerprint density at radius 3 is 2.72 bits per heavy atom. The second-order valence-electron chi connectivity index (χ2n) is 4.10. The maximum atomic E-state index is 6.25. The minimum atomic E-state index is -0.297. The molecular formula is C12H15BrN4O. The third kappa shape index (κ3) is 2.26. The van der Waals surface area contributed by atoms with Gasteiger partial charge in [-0.15, -0.1) is 5.10 Å². The Bertz CT molecular complexity index is 548. The van der Waals surface area contributed by atoms with Gasteiger partial charge in [-0.25, -0.2) is 4.68 Å². The van der Waals surface area contributed by atoms with Crippen molar-refractivity contribution in [2.75, 3.05) is 7.11 Å². The first kappa shape index (κ1) is 13.0. The van der Waals surface area contributed by atoms with Crippen LogP contribution in [0.4, 0.5) is 0 Å². The number of hydrogen-bond acceptors (Lipinski definition) is 4. The van der Waals surface area contributed by atoms with Crippen molar-refractivity contribution < 1.29 is 4.74 Å². The van der Waals surface area contributed by atoms with Crippen LogP contribution in [0.25, 0.3) is 0 Å². The number of benzene rings is 1. The molecule has 0 saturated carbocycles. The lowest BCUT2D eigenvalue weighted by Crippen LogP contribution is -2.16. The Labute approximate surface area is 114 Å². The third-order valence-corrected chi connectivity index (χ3v) is 3.48. The Kier molecular flexibility index (Phi) is 3.68. The largest absolute Gasteiger partial charge is 0.496 e. The van der Waals surface area contributed by atoms with Gasteiger partial charge >= 0.3 is 0 Å². The molecule has 0 aliphatic rings. The molecule has 0 radical (unpaired) electrons. The number of aromatic nitrogens is 3. The zero-order valence-corrected chi connectivity index (χ0v) is 12.1. The Hall–Kier alpha value is -1.40. The summed E-state index contributed by atoms with van der Waals surface area (Å²) in [6.07, 6.45) is 0. The predicted molar refractivity (Wildman–Crippen MR) is 72.5 cm³/mol. The molecule has 1 aromatic heterocycles. The summed E-state index contributed by atoms with van der Waals surface area (Å²) in [4.78, 5) is 0. The summed E-state index contributed by atoms with van der Waals surface area (Å²) in [5, 5.41) is 7.87. The van der Waals surface area contributed by atoms with Crippen molar-refractivity contribution in [2.24, 2.45) is 12.8 Å². The van der Waals surface area contributed by atoms with E-state index in [1.165, 1.54) is 0 Å². The highest BCUT2D eigenvalue weighted by molar-refractivity contribution is 9.10. The fraction of sp³-hybridized carbons (Fsp3) is 0.333. The molecule has 5 nitrogen and oxygen atoms in total. The van der Waals surface area contributed by atoms with Gasteiger partial charge in [0.05, 0.1) is 18.8 Å². The summed E-state index contributed by atoms with van der Waals surface area (Å²) < 4.78 is 7.64. The molecule has 0 spiro atoms. The van der Waals surface area contributed by atoms with E-state index >= 15 is 0 Å². The van der Waals surface area contributed by atoms with E-state index in [1.807, 2.05) is 32.2 Å². The van der Waals surface area contributed by atoms with E-state index in [0.717, 1.165) is 22.6 Å². The van der Waals surface area contributed by atoms with E-state index in [1.54, 1.807) is 11.8 Å². The molecule has 96 valence electrons. The molecule has 2 aromatic rings. The van der Waals surface area contributed by atoms with Crippen molar-refractivity contribution in [1.82, 2.24) is 15.0 Å². The zero-order valence-electron chi connectivity index (χ0n) is 10.5. The summed E-state index contributed by atoms with van der Waals surface area (Å²) in [6.45, 7) is 2.00. The summed E-state index contributed by atoms with van der Waals surface area (Å²) in [5.74, 6) is 0.828. The highest BCUT2D eigenvalue weighted by atomic mass is 79.9. The van der Waals surface area contributed by atoms with Crippen molar-refractivity contribution in [2.45, 2.75) is 13.0 Å². The van der Waals surface area contributed by atoms with E-state index in [0.29, 0.717) is 4.60 Å². The number of nitrogens with two attached hydrogens (primary N) is 1. The molecule has 1 unspecified atom stereocenters. The van der Waals surface area contributed by atoms with Crippen LogP contribution in [0.15, 0.2) is 22.8 Å². The highest BCUT2D eigenvalue weighted by Gasteiger charge is 2.18. The van der Waals surface area contributed by atoms with Gasteiger partial charge in [0.25, 0.3) is 0 Å². The van der Waals surface area contributed by atoms with Gasteiger partial charge in [-0.2, -0.15) is 0 Å². The quantitative estimate of drug-likeness (QED) is 0.941. The van der Waals surface area contributed by atoms with Crippen molar-refractivity contribution in [3.05, 3.63) is 39.6 Å². The fourth-order valence-electron chi connectivity index (χ4n) is 1.86. The molecule has 0 fully saturated rings. The van der Waals surface area contributed by atoms with Crippen molar-refractivity contribution in [1.29, 1.82) is 0 Å². The lowest BCUT2D eigenvalue weighted by molar-refractivity contribution is 0.411. The maximum Gasteiger partial charge on any atom is 0.153 e. The van der Waals surface area contributed by atoms with Crippen LogP contribution in [-0.2, 0) is 7.05 Å². The SMILES string of the molecule is COc1cc(C(N)c2c(Br)nnn2C)ccc1C. The van der Waals surface area contributed by atoms with E-state index < -0.39 is 0 Å². The summed E-state index contributed by atoms with van der Waals surface area (Å²) in [6, 6.07) is 5.63. The molecule has 1 atom stereocenters. The maximum absolute atomic E-state index is 6.25. The number of nitrogens with zero attached hydrogens (tertiary/aromatic N) is 3. The van der Waals surface area contributed by atoms with E-state index in [4.69, 9.17) is 10.5 Å². The van der Waals surface area contributed by atoms with Crippen LogP contribution in [0.3, 0.4) is 0 Å². The molecule has 0 amide bonds.